The van der Waals surface area contributed by atoms with Gasteiger partial charge in [-0.2, -0.15) is 0 Å². The van der Waals surface area contributed by atoms with Crippen molar-refractivity contribution in [3.8, 4) is 5.88 Å². The van der Waals surface area contributed by atoms with Crippen molar-refractivity contribution < 1.29 is 14.7 Å². The lowest BCUT2D eigenvalue weighted by Crippen LogP contribution is -2.28. The van der Waals surface area contributed by atoms with E-state index in [1.54, 1.807) is 28.8 Å². The third kappa shape index (κ3) is 5.18. The molecule has 0 saturated heterocycles. The van der Waals surface area contributed by atoms with Gasteiger partial charge < -0.3 is 15.0 Å². The van der Waals surface area contributed by atoms with Gasteiger partial charge in [0.15, 0.2) is 5.69 Å². The van der Waals surface area contributed by atoms with Gasteiger partial charge in [0.1, 0.15) is 6.54 Å². The minimum absolute atomic E-state index is 0.0547. The Kier molecular flexibility index (Phi) is 6.95. The summed E-state index contributed by atoms with van der Waals surface area (Å²) in [6.07, 6.45) is 0.726. The van der Waals surface area contributed by atoms with Crippen molar-refractivity contribution in [2.24, 2.45) is 10.2 Å². The van der Waals surface area contributed by atoms with Crippen molar-refractivity contribution in [3.05, 3.63) is 94.5 Å². The predicted molar refractivity (Wildman–Crippen MR) is 130 cm³/mol. The van der Waals surface area contributed by atoms with E-state index >= 15 is 0 Å². The first-order chi connectivity index (χ1) is 16.0. The van der Waals surface area contributed by atoms with Crippen LogP contribution in [0.25, 0.3) is 10.9 Å². The van der Waals surface area contributed by atoms with Gasteiger partial charge in [0.05, 0.1) is 11.1 Å². The molecule has 166 valence electrons. The Morgan fingerprint density at radius 3 is 2.42 bits per heavy atom. The molecule has 0 aliphatic carbocycles. The first kappa shape index (κ1) is 22.4. The number of halogens is 1. The highest BCUT2D eigenvalue weighted by Crippen LogP contribution is 2.38. The number of nitrogens with one attached hydrogen (secondary N) is 1. The molecule has 3 aromatic carbocycles. The predicted octanol–water partition coefficient (Wildman–Crippen LogP) is 5.39. The fraction of sp³-hybridized carbons (Fsp3) is 0.120. The van der Waals surface area contributed by atoms with Crippen LogP contribution in [0.2, 0.25) is 0 Å². The van der Waals surface area contributed by atoms with E-state index in [1.165, 1.54) is 0 Å². The number of aromatic nitrogens is 1. The van der Waals surface area contributed by atoms with E-state index in [4.69, 9.17) is 0 Å². The second-order valence-electron chi connectivity index (χ2n) is 7.33. The van der Waals surface area contributed by atoms with Crippen molar-refractivity contribution in [3.63, 3.8) is 0 Å². The molecule has 0 aliphatic rings. The maximum Gasteiger partial charge on any atom is 0.283 e. The molecule has 0 spiro atoms. The molecule has 1 aromatic heterocycles. The number of hydrogen-bond donors (Lipinski definition) is 2. The summed E-state index contributed by atoms with van der Waals surface area (Å²) in [5.41, 5.74) is 2.59. The number of rotatable bonds is 7. The number of carbonyl (C=O) groups excluding carboxylic acids is 2. The maximum atomic E-state index is 12.3. The van der Waals surface area contributed by atoms with Gasteiger partial charge in [-0.25, -0.2) is 0 Å². The molecule has 0 saturated carbocycles. The number of azo groups is 1. The molecule has 0 radical (unpaired) electrons. The van der Waals surface area contributed by atoms with Crippen LogP contribution in [0, 0.1) is 0 Å². The van der Waals surface area contributed by atoms with E-state index in [0.29, 0.717) is 22.0 Å². The molecule has 2 N–H and O–H groups in total. The van der Waals surface area contributed by atoms with Crippen LogP contribution >= 0.6 is 15.9 Å². The number of amides is 2. The second-order valence-corrected chi connectivity index (χ2v) is 8.19. The SMILES string of the molecule is O=C(CNC(=O)c1ccccc1Br)N=Nc1c(O)n(CCc2ccccc2)c2ccccc12. The van der Waals surface area contributed by atoms with Gasteiger partial charge >= 0.3 is 0 Å². The molecule has 0 atom stereocenters. The Morgan fingerprint density at radius 2 is 1.64 bits per heavy atom. The molecule has 1 heterocycles. The Balaban J connectivity index is 1.48. The van der Waals surface area contributed by atoms with Crippen LogP contribution in [0.3, 0.4) is 0 Å². The molecule has 0 aliphatic heterocycles. The summed E-state index contributed by atoms with van der Waals surface area (Å²) in [5.74, 6) is -1.08. The Labute approximate surface area is 198 Å². The highest BCUT2D eigenvalue weighted by molar-refractivity contribution is 9.10. The molecule has 0 bridgehead atoms. The Hall–Kier alpha value is -3.78. The lowest BCUT2D eigenvalue weighted by atomic mass is 10.1. The number of carbonyl (C=O) groups is 2. The third-order valence-electron chi connectivity index (χ3n) is 5.16. The van der Waals surface area contributed by atoms with Gasteiger partial charge in [0, 0.05) is 16.4 Å². The van der Waals surface area contributed by atoms with Crippen molar-refractivity contribution in [2.45, 2.75) is 13.0 Å². The number of fused-ring (bicyclic) bond motifs is 1. The zero-order valence-corrected chi connectivity index (χ0v) is 19.2. The monoisotopic (exact) mass is 504 g/mol. The molecule has 33 heavy (non-hydrogen) atoms. The molecular weight excluding hydrogens is 484 g/mol. The first-order valence-electron chi connectivity index (χ1n) is 10.4. The molecule has 4 aromatic rings. The fourth-order valence-electron chi connectivity index (χ4n) is 3.52. The number of aryl methyl sites for hydroxylation is 2. The summed E-state index contributed by atoms with van der Waals surface area (Å²) >= 11 is 3.31. The van der Waals surface area contributed by atoms with Gasteiger partial charge in [-0.1, -0.05) is 60.7 Å². The van der Waals surface area contributed by atoms with Crippen LogP contribution in [0.5, 0.6) is 5.88 Å². The van der Waals surface area contributed by atoms with Gasteiger partial charge in [0.2, 0.25) is 5.88 Å². The quantitative estimate of drug-likeness (QED) is 0.330. The van der Waals surface area contributed by atoms with E-state index in [-0.39, 0.29) is 18.1 Å². The molecule has 4 rings (SSSR count). The highest BCUT2D eigenvalue weighted by Gasteiger charge is 2.17. The molecule has 7 nitrogen and oxygen atoms in total. The topological polar surface area (TPSA) is 96.1 Å². The first-order valence-corrected chi connectivity index (χ1v) is 11.2. The molecular formula is C25H21BrN4O3. The number of aromatic hydroxyl groups is 1. The zero-order chi connectivity index (χ0) is 23.2. The fourth-order valence-corrected chi connectivity index (χ4v) is 3.98. The Bertz CT molecular complexity index is 1330. The van der Waals surface area contributed by atoms with E-state index < -0.39 is 11.8 Å². The normalized spacial score (nSPS) is 11.2. The van der Waals surface area contributed by atoms with Crippen LogP contribution in [0.4, 0.5) is 5.69 Å². The Morgan fingerprint density at radius 1 is 0.939 bits per heavy atom. The summed E-state index contributed by atoms with van der Waals surface area (Å²) in [7, 11) is 0. The molecule has 0 unspecified atom stereocenters. The lowest BCUT2D eigenvalue weighted by Gasteiger charge is -2.07. The maximum absolute atomic E-state index is 12.3. The van der Waals surface area contributed by atoms with Crippen LogP contribution < -0.4 is 5.32 Å². The smallest absolute Gasteiger partial charge is 0.283 e. The standard InChI is InChI=1S/C25H21BrN4O3/c26-20-12-6-4-10-18(20)24(32)27-16-22(31)28-29-23-19-11-5-7-13-21(19)30(25(23)33)15-14-17-8-2-1-3-9-17/h1-13,33H,14-16H2,(H,27,32). The number of nitrogens with zero attached hydrogens (tertiary/aromatic N) is 3. The summed E-state index contributed by atoms with van der Waals surface area (Å²) in [6.45, 7) is 0.235. The molecule has 0 fully saturated rings. The number of para-hydroxylation sites is 1. The van der Waals surface area contributed by atoms with E-state index in [1.807, 2.05) is 54.6 Å². The van der Waals surface area contributed by atoms with Gasteiger partial charge in [0.25, 0.3) is 11.8 Å². The minimum Gasteiger partial charge on any atom is -0.493 e. The van der Waals surface area contributed by atoms with Gasteiger partial charge in [-0.05, 0) is 46.1 Å². The minimum atomic E-state index is -0.629. The summed E-state index contributed by atoms with van der Waals surface area (Å²) in [6, 6.07) is 24.3. The average molecular weight is 505 g/mol. The second kappa shape index (κ2) is 10.2. The van der Waals surface area contributed by atoms with Crippen LogP contribution in [0.1, 0.15) is 15.9 Å². The van der Waals surface area contributed by atoms with Crippen molar-refractivity contribution >= 4 is 44.3 Å². The van der Waals surface area contributed by atoms with Crippen molar-refractivity contribution in [1.29, 1.82) is 0 Å². The highest BCUT2D eigenvalue weighted by atomic mass is 79.9. The number of hydrogen-bond acceptors (Lipinski definition) is 4. The third-order valence-corrected chi connectivity index (χ3v) is 5.86. The van der Waals surface area contributed by atoms with Crippen molar-refractivity contribution in [2.75, 3.05) is 6.54 Å². The van der Waals surface area contributed by atoms with E-state index in [2.05, 4.69) is 31.5 Å². The van der Waals surface area contributed by atoms with Gasteiger partial charge in [-0.15, -0.1) is 10.2 Å². The zero-order valence-electron chi connectivity index (χ0n) is 17.6. The summed E-state index contributed by atoms with van der Waals surface area (Å²) in [4.78, 5) is 24.5. The van der Waals surface area contributed by atoms with Crippen LogP contribution in [-0.2, 0) is 17.8 Å². The summed E-state index contributed by atoms with van der Waals surface area (Å²) in [5, 5.41) is 21.8. The van der Waals surface area contributed by atoms with Crippen LogP contribution in [0.15, 0.2) is 93.6 Å². The number of benzene rings is 3. The van der Waals surface area contributed by atoms with E-state index in [9.17, 15) is 14.7 Å². The van der Waals surface area contributed by atoms with Gasteiger partial charge in [-0.3, -0.25) is 9.59 Å². The van der Waals surface area contributed by atoms with Crippen molar-refractivity contribution in [1.82, 2.24) is 9.88 Å². The van der Waals surface area contributed by atoms with Crippen LogP contribution in [-0.4, -0.2) is 28.0 Å². The lowest BCUT2D eigenvalue weighted by molar-refractivity contribution is -0.117. The largest absolute Gasteiger partial charge is 0.493 e. The molecule has 2 amide bonds. The molecule has 8 heteroatoms. The summed E-state index contributed by atoms with van der Waals surface area (Å²) < 4.78 is 2.39. The van der Waals surface area contributed by atoms with E-state index in [0.717, 1.165) is 17.5 Å². The average Bonchev–Trinajstić information content (AvgIpc) is 3.11.